The molecule has 0 amide bonds. The van der Waals surface area contributed by atoms with Gasteiger partial charge in [-0.2, -0.15) is 0 Å². The van der Waals surface area contributed by atoms with E-state index in [1.165, 1.54) is 0 Å². The van der Waals surface area contributed by atoms with Gasteiger partial charge in [-0.05, 0) is 39.3 Å². The van der Waals surface area contributed by atoms with Crippen molar-refractivity contribution in [3.63, 3.8) is 0 Å². The molecule has 67 valence electrons. The molecule has 5 heteroatoms. The van der Waals surface area contributed by atoms with E-state index in [0.717, 1.165) is 0 Å². The van der Waals surface area contributed by atoms with Crippen LogP contribution in [0.5, 0.6) is 0 Å². The Morgan fingerprint density at radius 3 is 1.73 bits per heavy atom. The third-order valence-electron chi connectivity index (χ3n) is 0.954. The topological polar surface area (TPSA) is 18.5 Å². The van der Waals surface area contributed by atoms with Crippen molar-refractivity contribution >= 4 is 26.6 Å². The fourth-order valence-corrected chi connectivity index (χ4v) is 9.84. The van der Waals surface area contributed by atoms with Crippen molar-refractivity contribution in [2.45, 2.75) is 39.3 Å². The van der Waals surface area contributed by atoms with Crippen molar-refractivity contribution in [2.75, 3.05) is 0 Å². The second-order valence-corrected chi connectivity index (χ2v) is 13.2. The minimum atomic E-state index is -1.74. The fraction of sp³-hybridized carbons (Fsp3) is 1.00. The minimum absolute atomic E-state index is 0.127. The molecule has 0 rings (SSSR count). The van der Waals surface area contributed by atoms with Crippen LogP contribution in [0, 0.1) is 0 Å². The number of rotatable bonds is 4. The van der Waals surface area contributed by atoms with Crippen LogP contribution in [0.3, 0.4) is 0 Å². The summed E-state index contributed by atoms with van der Waals surface area (Å²) in [6, 6.07) is 0. The van der Waals surface area contributed by atoms with Gasteiger partial charge in [0.2, 0.25) is 0 Å². The lowest BCUT2D eigenvalue weighted by atomic mass is 11.8. The summed E-state index contributed by atoms with van der Waals surface area (Å²) in [6.07, 6.45) is 0. The average Bonchev–Trinajstić information content (AvgIpc) is 1.55. The summed E-state index contributed by atoms with van der Waals surface area (Å²) in [4.78, 5) is 0. The summed E-state index contributed by atoms with van der Waals surface area (Å²) in [5.74, 6) is 0. The molecule has 0 fully saturated rings. The zero-order chi connectivity index (χ0) is 9.12. The molecule has 0 saturated heterocycles. The van der Waals surface area contributed by atoms with Gasteiger partial charge in [-0.1, -0.05) is 0 Å². The van der Waals surface area contributed by atoms with E-state index in [-0.39, 0.29) is 9.76 Å². The van der Waals surface area contributed by atoms with Crippen LogP contribution in [-0.4, -0.2) is 26.6 Å². The predicted molar refractivity (Wildman–Crippen MR) is 56.0 cm³/mol. The first-order valence-electron chi connectivity index (χ1n) is 3.93. The Balaban J connectivity index is 3.91. The molecule has 0 aromatic carbocycles. The third-order valence-corrected chi connectivity index (χ3v) is 8.58. The molecule has 0 aliphatic rings. The number of hydrogen-bond donors (Lipinski definition) is 0. The van der Waals surface area contributed by atoms with E-state index >= 15 is 0 Å². The zero-order valence-electron chi connectivity index (χ0n) is 8.39. The second kappa shape index (κ2) is 3.99. The van der Waals surface area contributed by atoms with Gasteiger partial charge in [-0.3, -0.25) is 0 Å². The smallest absolute Gasteiger partial charge is 0.310 e. The second-order valence-electron chi connectivity index (χ2n) is 3.97. The van der Waals surface area contributed by atoms with Crippen LogP contribution < -0.4 is 0 Å². The molecular weight excluding hydrogens is 188 g/mol. The Hall–Kier alpha value is 0.571. The molecule has 0 saturated carbocycles. The standard InChI is InChI=1S/C6H19O2Si3/c1-9-7-11(5,6)8-10(2,3)4/h9H,1-6H3. The molecule has 0 aromatic rings. The van der Waals surface area contributed by atoms with Gasteiger partial charge in [0, 0.05) is 0 Å². The van der Waals surface area contributed by atoms with Gasteiger partial charge >= 0.3 is 8.56 Å². The highest BCUT2D eigenvalue weighted by atomic mass is 28.5. The predicted octanol–water partition coefficient (Wildman–Crippen LogP) is 1.96. The van der Waals surface area contributed by atoms with Crippen molar-refractivity contribution in [3.8, 4) is 0 Å². The highest BCUT2D eigenvalue weighted by Crippen LogP contribution is 2.14. The van der Waals surface area contributed by atoms with Gasteiger partial charge < -0.3 is 8.23 Å². The quantitative estimate of drug-likeness (QED) is 0.656. The summed E-state index contributed by atoms with van der Waals surface area (Å²) in [5.41, 5.74) is 0. The fourth-order valence-electron chi connectivity index (χ4n) is 1.05. The highest BCUT2D eigenvalue weighted by molar-refractivity contribution is 6.82. The summed E-state index contributed by atoms with van der Waals surface area (Å²) < 4.78 is 11.6. The van der Waals surface area contributed by atoms with Gasteiger partial charge in [0.1, 0.15) is 0 Å². The van der Waals surface area contributed by atoms with Crippen LogP contribution in [-0.2, 0) is 8.23 Å². The first kappa shape index (κ1) is 11.6. The van der Waals surface area contributed by atoms with Gasteiger partial charge in [0.25, 0.3) is 0 Å². The van der Waals surface area contributed by atoms with E-state index in [4.69, 9.17) is 8.23 Å². The lowest BCUT2D eigenvalue weighted by Crippen LogP contribution is -2.45. The summed E-state index contributed by atoms with van der Waals surface area (Å²) in [6.45, 7) is 13.0. The molecule has 11 heavy (non-hydrogen) atoms. The highest BCUT2D eigenvalue weighted by Gasteiger charge is 2.30. The normalized spacial score (nSPS) is 13.6. The van der Waals surface area contributed by atoms with Crippen molar-refractivity contribution in [2.24, 2.45) is 0 Å². The van der Waals surface area contributed by atoms with E-state index in [1.807, 2.05) is 0 Å². The van der Waals surface area contributed by atoms with Crippen molar-refractivity contribution < 1.29 is 8.23 Å². The van der Waals surface area contributed by atoms with Crippen LogP contribution in [0.2, 0.25) is 39.3 Å². The Kier molecular flexibility index (Phi) is 4.20. The minimum Gasteiger partial charge on any atom is -0.439 e. The summed E-state index contributed by atoms with van der Waals surface area (Å²) in [7, 11) is -2.99. The molecule has 0 aliphatic carbocycles. The van der Waals surface area contributed by atoms with Crippen LogP contribution >= 0.6 is 0 Å². The Labute approximate surface area is 74.6 Å². The van der Waals surface area contributed by atoms with Gasteiger partial charge in [-0.25, -0.2) is 0 Å². The molecule has 0 aliphatic heterocycles. The third kappa shape index (κ3) is 6.95. The molecule has 1 radical (unpaired) electrons. The molecule has 0 aromatic heterocycles. The lowest BCUT2D eigenvalue weighted by Gasteiger charge is -2.30. The van der Waals surface area contributed by atoms with Crippen LogP contribution in [0.1, 0.15) is 0 Å². The molecule has 0 heterocycles. The van der Waals surface area contributed by atoms with Crippen LogP contribution in [0.4, 0.5) is 0 Å². The van der Waals surface area contributed by atoms with E-state index in [9.17, 15) is 0 Å². The molecule has 0 unspecified atom stereocenters. The van der Waals surface area contributed by atoms with Crippen molar-refractivity contribution in [1.29, 1.82) is 0 Å². The number of hydrogen-bond acceptors (Lipinski definition) is 2. The van der Waals surface area contributed by atoms with E-state index in [2.05, 4.69) is 39.3 Å². The average molecular weight is 207 g/mol. The monoisotopic (exact) mass is 207 g/mol. The Morgan fingerprint density at radius 1 is 1.00 bits per heavy atom. The Morgan fingerprint density at radius 2 is 1.45 bits per heavy atom. The maximum atomic E-state index is 5.94. The molecule has 0 spiro atoms. The zero-order valence-corrected chi connectivity index (χ0v) is 11.5. The first-order chi connectivity index (χ1) is 4.77. The van der Waals surface area contributed by atoms with Crippen LogP contribution in [0.25, 0.3) is 0 Å². The largest absolute Gasteiger partial charge is 0.439 e. The summed E-state index contributed by atoms with van der Waals surface area (Å²) in [5, 5.41) is 0. The first-order valence-corrected chi connectivity index (χ1v) is 11.8. The SMILES string of the molecule is C[SiH]O[Si](C)(C)O[Si](C)(C)C. The molecule has 0 N–H and O–H groups in total. The molecule has 0 atom stereocenters. The van der Waals surface area contributed by atoms with Crippen molar-refractivity contribution in [3.05, 3.63) is 0 Å². The molecule has 0 bridgehead atoms. The van der Waals surface area contributed by atoms with Crippen LogP contribution in [0.15, 0.2) is 0 Å². The Bertz CT molecular complexity index is 119. The van der Waals surface area contributed by atoms with Gasteiger partial charge in [-0.15, -0.1) is 0 Å². The lowest BCUT2D eigenvalue weighted by molar-refractivity contribution is 0.412. The van der Waals surface area contributed by atoms with Gasteiger partial charge in [0.05, 0.1) is 0 Å². The maximum absolute atomic E-state index is 5.94. The van der Waals surface area contributed by atoms with Crippen molar-refractivity contribution in [1.82, 2.24) is 0 Å². The van der Waals surface area contributed by atoms with E-state index in [0.29, 0.717) is 0 Å². The molecule has 2 nitrogen and oxygen atoms in total. The maximum Gasteiger partial charge on any atom is 0.310 e. The van der Waals surface area contributed by atoms with E-state index in [1.54, 1.807) is 0 Å². The molecular formula is C6H19O2Si3. The van der Waals surface area contributed by atoms with Gasteiger partial charge in [0.15, 0.2) is 18.1 Å². The summed E-state index contributed by atoms with van der Waals surface area (Å²) >= 11 is 0. The van der Waals surface area contributed by atoms with E-state index < -0.39 is 16.9 Å².